The van der Waals surface area contributed by atoms with Crippen LogP contribution in [0, 0.1) is 0 Å². The van der Waals surface area contributed by atoms with Gasteiger partial charge in [-0.1, -0.05) is 52.0 Å². The Labute approximate surface area is 168 Å². The molecule has 0 spiro atoms. The Kier molecular flexibility index (Phi) is 9.51. The van der Waals surface area contributed by atoms with Gasteiger partial charge in [0, 0.05) is 22.9 Å². The predicted molar refractivity (Wildman–Crippen MR) is 108 cm³/mol. The maximum Gasteiger partial charge on any atom is 0.573 e. The molecule has 0 aliphatic heterocycles. The van der Waals surface area contributed by atoms with Gasteiger partial charge in [0.2, 0.25) is 0 Å². The van der Waals surface area contributed by atoms with Crippen molar-refractivity contribution in [3.05, 3.63) is 66.4 Å². The lowest BCUT2D eigenvalue weighted by Crippen LogP contribution is -2.16. The monoisotopic (exact) mass is 404 g/mol. The summed E-state index contributed by atoms with van der Waals surface area (Å²) in [5.74, 6) is 0.0624. The van der Waals surface area contributed by atoms with Crippen LogP contribution in [0.1, 0.15) is 38.1 Å². The minimum atomic E-state index is -4.73. The molecule has 4 nitrogen and oxygen atoms in total. The molecule has 0 aliphatic carbocycles. The Morgan fingerprint density at radius 2 is 1.38 bits per heavy atom. The minimum Gasteiger partial charge on any atom is -0.406 e. The normalized spacial score (nSPS) is 10.0. The van der Waals surface area contributed by atoms with E-state index in [-0.39, 0.29) is 5.75 Å². The fraction of sp³-hybridized carbons (Fsp3) is 0.227. The molecular weight excluding hydrogens is 381 g/mol. The summed E-state index contributed by atoms with van der Waals surface area (Å²) in [4.78, 5) is 19.3. The van der Waals surface area contributed by atoms with Gasteiger partial charge in [-0.2, -0.15) is 0 Å². The van der Waals surface area contributed by atoms with Crippen molar-refractivity contribution in [3.8, 4) is 28.4 Å². The van der Waals surface area contributed by atoms with Crippen molar-refractivity contribution in [3.63, 3.8) is 0 Å². The van der Waals surface area contributed by atoms with E-state index >= 15 is 0 Å². The van der Waals surface area contributed by atoms with Crippen molar-refractivity contribution >= 4 is 6.29 Å². The molecule has 0 amide bonds. The predicted octanol–water partition coefficient (Wildman–Crippen LogP) is 6.57. The van der Waals surface area contributed by atoms with Gasteiger partial charge in [-0.05, 0) is 30.3 Å². The van der Waals surface area contributed by atoms with Crippen molar-refractivity contribution in [2.24, 2.45) is 0 Å². The third-order valence-electron chi connectivity index (χ3n) is 3.34. The number of benzene rings is 2. The van der Waals surface area contributed by atoms with Crippen LogP contribution in [-0.4, -0.2) is 22.6 Å². The van der Waals surface area contributed by atoms with Crippen LogP contribution in [-0.2, 0) is 0 Å². The van der Waals surface area contributed by atoms with Gasteiger partial charge in [0.15, 0.2) is 5.82 Å². The van der Waals surface area contributed by atoms with Gasteiger partial charge < -0.3 is 4.74 Å². The summed E-state index contributed by atoms with van der Waals surface area (Å²) in [6.07, 6.45) is -2.42. The molecule has 0 radical (unpaired) electrons. The van der Waals surface area contributed by atoms with Gasteiger partial charge in [0.1, 0.15) is 12.0 Å². The van der Waals surface area contributed by atoms with E-state index in [0.717, 1.165) is 11.8 Å². The average Bonchev–Trinajstić information content (AvgIpc) is 2.76. The van der Waals surface area contributed by atoms with Crippen LogP contribution in [0.4, 0.5) is 13.2 Å². The van der Waals surface area contributed by atoms with Crippen LogP contribution in [0.5, 0.6) is 5.75 Å². The van der Waals surface area contributed by atoms with Crippen LogP contribution < -0.4 is 4.74 Å². The van der Waals surface area contributed by atoms with Crippen LogP contribution in [0.15, 0.2) is 60.8 Å². The SMILES string of the molecule is CC.CC.O=Cc1ccc(-c2ccnc(-c3ccc(OC(F)(F)F)cc3)n2)cc1. The fourth-order valence-corrected chi connectivity index (χ4v) is 2.20. The van der Waals surface area contributed by atoms with E-state index in [2.05, 4.69) is 14.7 Å². The van der Waals surface area contributed by atoms with E-state index in [0.29, 0.717) is 22.6 Å². The molecule has 0 unspecified atom stereocenters. The molecule has 7 heteroatoms. The highest BCUT2D eigenvalue weighted by Crippen LogP contribution is 2.26. The van der Waals surface area contributed by atoms with Crippen LogP contribution in [0.2, 0.25) is 0 Å². The number of nitrogens with zero attached hydrogens (tertiary/aromatic N) is 2. The number of carbonyl (C=O) groups excluding carboxylic acids is 1. The highest BCUT2D eigenvalue weighted by Gasteiger charge is 2.30. The van der Waals surface area contributed by atoms with E-state index in [1.807, 2.05) is 27.7 Å². The maximum atomic E-state index is 12.2. The molecule has 0 atom stereocenters. The Bertz CT molecular complexity index is 878. The zero-order chi connectivity index (χ0) is 21.9. The number of rotatable bonds is 4. The Morgan fingerprint density at radius 1 is 0.828 bits per heavy atom. The second-order valence-electron chi connectivity index (χ2n) is 5.08. The number of alkyl halides is 3. The molecule has 1 aromatic heterocycles. The second kappa shape index (κ2) is 11.6. The number of aromatic nitrogens is 2. The van der Waals surface area contributed by atoms with Crippen molar-refractivity contribution < 1.29 is 22.7 Å². The van der Waals surface area contributed by atoms with Crippen LogP contribution in [0.25, 0.3) is 22.6 Å². The fourth-order valence-electron chi connectivity index (χ4n) is 2.20. The summed E-state index contributed by atoms with van der Waals surface area (Å²) in [6.45, 7) is 8.00. The first-order valence-corrected chi connectivity index (χ1v) is 9.19. The lowest BCUT2D eigenvalue weighted by molar-refractivity contribution is -0.274. The van der Waals surface area contributed by atoms with Crippen LogP contribution in [0.3, 0.4) is 0 Å². The summed E-state index contributed by atoms with van der Waals surface area (Å²) in [6, 6.07) is 13.9. The number of halogens is 3. The van der Waals surface area contributed by atoms with Gasteiger partial charge in [-0.25, -0.2) is 9.97 Å². The molecule has 0 saturated heterocycles. The number of hydrogen-bond acceptors (Lipinski definition) is 4. The summed E-state index contributed by atoms with van der Waals surface area (Å²) < 4.78 is 40.4. The summed E-state index contributed by atoms with van der Waals surface area (Å²) in [5, 5.41) is 0. The van der Waals surface area contributed by atoms with Crippen molar-refractivity contribution in [2.45, 2.75) is 34.1 Å². The topological polar surface area (TPSA) is 52.1 Å². The number of ether oxygens (including phenoxy) is 1. The van der Waals surface area contributed by atoms with Crippen molar-refractivity contribution in [1.29, 1.82) is 0 Å². The Balaban J connectivity index is 0.000000989. The Morgan fingerprint density at radius 3 is 1.90 bits per heavy atom. The first-order valence-electron chi connectivity index (χ1n) is 9.19. The van der Waals surface area contributed by atoms with E-state index in [1.54, 1.807) is 36.5 Å². The molecule has 2 aromatic carbocycles. The molecule has 0 aliphatic rings. The standard InChI is InChI=1S/C18H11F3N2O2.2C2H6/c19-18(20,21)25-15-7-5-14(6-8-15)17-22-10-9-16(23-17)13-3-1-12(11-24)2-4-13;2*1-2/h1-11H;2*1-2H3. The number of hydrogen-bond donors (Lipinski definition) is 0. The molecule has 0 saturated carbocycles. The van der Waals surface area contributed by atoms with Gasteiger partial charge in [0.05, 0.1) is 5.69 Å². The van der Waals surface area contributed by atoms with E-state index in [4.69, 9.17) is 0 Å². The molecule has 3 rings (SSSR count). The van der Waals surface area contributed by atoms with Gasteiger partial charge in [-0.15, -0.1) is 13.2 Å². The number of carbonyl (C=O) groups is 1. The molecule has 29 heavy (non-hydrogen) atoms. The number of aldehydes is 1. The second-order valence-corrected chi connectivity index (χ2v) is 5.08. The lowest BCUT2D eigenvalue weighted by Gasteiger charge is -2.09. The van der Waals surface area contributed by atoms with E-state index in [9.17, 15) is 18.0 Å². The lowest BCUT2D eigenvalue weighted by atomic mass is 10.1. The highest BCUT2D eigenvalue weighted by atomic mass is 19.4. The maximum absolute atomic E-state index is 12.2. The van der Waals surface area contributed by atoms with Gasteiger partial charge >= 0.3 is 6.36 Å². The van der Waals surface area contributed by atoms with Crippen molar-refractivity contribution in [1.82, 2.24) is 9.97 Å². The molecule has 3 aromatic rings. The van der Waals surface area contributed by atoms with E-state index < -0.39 is 6.36 Å². The average molecular weight is 404 g/mol. The molecular formula is C22H23F3N2O2. The smallest absolute Gasteiger partial charge is 0.406 e. The van der Waals surface area contributed by atoms with Crippen molar-refractivity contribution in [2.75, 3.05) is 0 Å². The summed E-state index contributed by atoms with van der Waals surface area (Å²) in [7, 11) is 0. The first kappa shape index (κ1) is 23.8. The molecule has 0 bridgehead atoms. The Hall–Kier alpha value is -3.22. The third kappa shape index (κ3) is 7.37. The van der Waals surface area contributed by atoms with Crippen LogP contribution >= 0.6 is 0 Å². The summed E-state index contributed by atoms with van der Waals surface area (Å²) in [5.41, 5.74) is 2.54. The van der Waals surface area contributed by atoms with Gasteiger partial charge in [0.25, 0.3) is 0 Å². The first-order chi connectivity index (χ1) is 13.9. The highest BCUT2D eigenvalue weighted by molar-refractivity contribution is 5.76. The third-order valence-corrected chi connectivity index (χ3v) is 3.34. The largest absolute Gasteiger partial charge is 0.573 e. The molecule has 0 fully saturated rings. The summed E-state index contributed by atoms with van der Waals surface area (Å²) >= 11 is 0. The quantitative estimate of drug-likeness (QED) is 0.461. The minimum absolute atomic E-state index is 0.308. The van der Waals surface area contributed by atoms with Gasteiger partial charge in [-0.3, -0.25) is 4.79 Å². The molecule has 154 valence electrons. The zero-order valence-corrected chi connectivity index (χ0v) is 16.7. The zero-order valence-electron chi connectivity index (χ0n) is 16.7. The molecule has 1 heterocycles. The molecule has 0 N–H and O–H groups in total. The van der Waals surface area contributed by atoms with E-state index in [1.165, 1.54) is 24.3 Å².